The number of nitrogens with zero attached hydrogens (tertiary/aromatic N) is 3. The van der Waals surface area contributed by atoms with Gasteiger partial charge in [0.2, 0.25) is 0 Å². The van der Waals surface area contributed by atoms with Crippen molar-refractivity contribution in [2.24, 2.45) is 0 Å². The van der Waals surface area contributed by atoms with Gasteiger partial charge in [0.25, 0.3) is 0 Å². The molecule has 100 valence electrons. The molecule has 2 heterocycles. The Hall–Kier alpha value is -2.44. The minimum atomic E-state index is -1.05. The van der Waals surface area contributed by atoms with Crippen LogP contribution in [0.15, 0.2) is 18.2 Å². The molecular weight excluding hydrogens is 246 g/mol. The molecule has 0 atom stereocenters. The molecule has 0 aliphatic rings. The van der Waals surface area contributed by atoms with Crippen LogP contribution in [0.2, 0.25) is 0 Å². The zero-order valence-corrected chi connectivity index (χ0v) is 10.7. The molecule has 0 spiro atoms. The van der Waals surface area contributed by atoms with Crippen LogP contribution in [0.25, 0.3) is 0 Å². The molecule has 0 aromatic carbocycles. The van der Waals surface area contributed by atoms with Gasteiger partial charge in [-0.3, -0.25) is 5.10 Å². The van der Waals surface area contributed by atoms with Crippen molar-refractivity contribution in [1.29, 1.82) is 0 Å². The molecule has 0 bridgehead atoms. The molecule has 7 nitrogen and oxygen atoms in total. The normalized spacial score (nSPS) is 10.7. The van der Waals surface area contributed by atoms with Crippen LogP contribution in [-0.2, 0) is 6.54 Å². The van der Waals surface area contributed by atoms with E-state index in [9.17, 15) is 4.79 Å². The standard InChI is InChI=1S/C12H15N5O2/c1-7(2)11-15-10(16-17-11)6-13-9-5-3-4-8(14-9)12(18)19/h3-5,7H,6H2,1-2H3,(H,13,14)(H,18,19)(H,15,16,17). The van der Waals surface area contributed by atoms with Crippen LogP contribution >= 0.6 is 0 Å². The Labute approximate surface area is 110 Å². The van der Waals surface area contributed by atoms with Crippen molar-refractivity contribution in [3.05, 3.63) is 35.5 Å². The summed E-state index contributed by atoms with van der Waals surface area (Å²) in [5.41, 5.74) is 0.00504. The number of hydrogen-bond acceptors (Lipinski definition) is 5. The number of pyridine rings is 1. The number of carboxylic acids is 1. The number of aromatic carboxylic acids is 1. The second kappa shape index (κ2) is 5.47. The van der Waals surface area contributed by atoms with Gasteiger partial charge >= 0.3 is 5.97 Å². The summed E-state index contributed by atoms with van der Waals surface area (Å²) >= 11 is 0. The van der Waals surface area contributed by atoms with Gasteiger partial charge in [0.1, 0.15) is 11.6 Å². The molecule has 0 amide bonds. The zero-order valence-electron chi connectivity index (χ0n) is 10.7. The van der Waals surface area contributed by atoms with E-state index < -0.39 is 5.97 Å². The number of hydrogen-bond donors (Lipinski definition) is 3. The summed E-state index contributed by atoms with van der Waals surface area (Å²) in [6.45, 7) is 4.44. The van der Waals surface area contributed by atoms with Crippen LogP contribution in [-0.4, -0.2) is 31.2 Å². The van der Waals surface area contributed by atoms with Crippen molar-refractivity contribution >= 4 is 11.8 Å². The first-order valence-corrected chi connectivity index (χ1v) is 5.91. The molecule has 3 N–H and O–H groups in total. The van der Waals surface area contributed by atoms with Gasteiger partial charge in [-0.15, -0.1) is 0 Å². The third-order valence-corrected chi connectivity index (χ3v) is 2.47. The van der Waals surface area contributed by atoms with Gasteiger partial charge < -0.3 is 10.4 Å². The molecule has 0 fully saturated rings. The third kappa shape index (κ3) is 3.27. The van der Waals surface area contributed by atoms with Crippen LogP contribution in [0.3, 0.4) is 0 Å². The van der Waals surface area contributed by atoms with Crippen LogP contribution in [0, 0.1) is 0 Å². The average Bonchev–Trinajstić information content (AvgIpc) is 2.85. The molecule has 0 radical (unpaired) electrons. The molecular formula is C12H15N5O2. The van der Waals surface area contributed by atoms with Gasteiger partial charge in [-0.1, -0.05) is 19.9 Å². The average molecular weight is 261 g/mol. The Balaban J connectivity index is 2.01. The lowest BCUT2D eigenvalue weighted by molar-refractivity contribution is 0.0690. The lowest BCUT2D eigenvalue weighted by Crippen LogP contribution is -2.06. The van der Waals surface area contributed by atoms with Crippen LogP contribution in [0.1, 0.15) is 41.9 Å². The summed E-state index contributed by atoms with van der Waals surface area (Å²) in [5.74, 6) is 1.14. The predicted molar refractivity (Wildman–Crippen MR) is 69.0 cm³/mol. The minimum absolute atomic E-state index is 0.00504. The quantitative estimate of drug-likeness (QED) is 0.755. The van der Waals surface area contributed by atoms with Gasteiger partial charge in [-0.05, 0) is 12.1 Å². The van der Waals surface area contributed by atoms with Crippen LogP contribution < -0.4 is 5.32 Å². The van der Waals surface area contributed by atoms with Crippen LogP contribution in [0.5, 0.6) is 0 Å². The topological polar surface area (TPSA) is 104 Å². The lowest BCUT2D eigenvalue weighted by Gasteiger charge is -2.03. The number of carbonyl (C=O) groups is 1. The highest BCUT2D eigenvalue weighted by molar-refractivity contribution is 5.85. The second-order valence-corrected chi connectivity index (χ2v) is 4.36. The summed E-state index contributed by atoms with van der Waals surface area (Å²) in [6, 6.07) is 4.78. The van der Waals surface area contributed by atoms with Crippen molar-refractivity contribution in [3.8, 4) is 0 Å². The van der Waals surface area contributed by atoms with Crippen molar-refractivity contribution in [2.45, 2.75) is 26.3 Å². The highest BCUT2D eigenvalue weighted by Gasteiger charge is 2.08. The fraction of sp³-hybridized carbons (Fsp3) is 0.333. The number of nitrogens with one attached hydrogen (secondary N) is 2. The van der Waals surface area contributed by atoms with E-state index in [-0.39, 0.29) is 11.6 Å². The molecule has 19 heavy (non-hydrogen) atoms. The Bertz CT molecular complexity index is 579. The number of H-pyrrole nitrogens is 1. The molecule has 7 heteroatoms. The number of anilines is 1. The highest BCUT2D eigenvalue weighted by atomic mass is 16.4. The Morgan fingerprint density at radius 2 is 2.21 bits per heavy atom. The predicted octanol–water partition coefficient (Wildman–Crippen LogP) is 1.63. The minimum Gasteiger partial charge on any atom is -0.477 e. The van der Waals surface area contributed by atoms with E-state index in [0.29, 0.717) is 18.2 Å². The smallest absolute Gasteiger partial charge is 0.354 e. The SMILES string of the molecule is CC(C)c1n[nH]c(CNc2cccc(C(=O)O)n2)n1. The summed E-state index contributed by atoms with van der Waals surface area (Å²) in [5, 5.41) is 18.8. The highest BCUT2D eigenvalue weighted by Crippen LogP contribution is 2.09. The molecule has 0 unspecified atom stereocenters. The number of aromatic nitrogens is 4. The lowest BCUT2D eigenvalue weighted by atomic mass is 10.2. The van der Waals surface area contributed by atoms with E-state index in [4.69, 9.17) is 5.11 Å². The van der Waals surface area contributed by atoms with E-state index in [1.807, 2.05) is 13.8 Å². The van der Waals surface area contributed by atoms with Crippen molar-refractivity contribution in [1.82, 2.24) is 20.2 Å². The largest absolute Gasteiger partial charge is 0.477 e. The molecule has 0 saturated heterocycles. The molecule has 0 aliphatic heterocycles. The summed E-state index contributed by atoms with van der Waals surface area (Å²) in [7, 11) is 0. The summed E-state index contributed by atoms with van der Waals surface area (Å²) in [6.07, 6.45) is 0. The fourth-order valence-corrected chi connectivity index (χ4v) is 1.47. The van der Waals surface area contributed by atoms with Gasteiger partial charge in [-0.2, -0.15) is 5.10 Å². The first-order chi connectivity index (χ1) is 9.06. The van der Waals surface area contributed by atoms with Gasteiger partial charge in [-0.25, -0.2) is 14.8 Å². The van der Waals surface area contributed by atoms with E-state index in [1.165, 1.54) is 6.07 Å². The first-order valence-electron chi connectivity index (χ1n) is 5.91. The molecule has 2 aromatic rings. The maximum atomic E-state index is 10.8. The van der Waals surface area contributed by atoms with Crippen molar-refractivity contribution in [2.75, 3.05) is 5.32 Å². The number of rotatable bonds is 5. The molecule has 0 aliphatic carbocycles. The number of aromatic amines is 1. The van der Waals surface area contributed by atoms with E-state index >= 15 is 0 Å². The Morgan fingerprint density at radius 1 is 1.42 bits per heavy atom. The van der Waals surface area contributed by atoms with E-state index in [2.05, 4.69) is 25.5 Å². The van der Waals surface area contributed by atoms with E-state index in [1.54, 1.807) is 12.1 Å². The van der Waals surface area contributed by atoms with Gasteiger partial charge in [0, 0.05) is 5.92 Å². The Morgan fingerprint density at radius 3 is 2.84 bits per heavy atom. The van der Waals surface area contributed by atoms with Gasteiger partial charge in [0.15, 0.2) is 11.5 Å². The van der Waals surface area contributed by atoms with Crippen molar-refractivity contribution < 1.29 is 9.90 Å². The maximum absolute atomic E-state index is 10.8. The fourth-order valence-electron chi connectivity index (χ4n) is 1.47. The van der Waals surface area contributed by atoms with Crippen LogP contribution in [0.4, 0.5) is 5.82 Å². The molecule has 2 aromatic heterocycles. The van der Waals surface area contributed by atoms with Crippen molar-refractivity contribution in [3.63, 3.8) is 0 Å². The second-order valence-electron chi connectivity index (χ2n) is 4.36. The summed E-state index contributed by atoms with van der Waals surface area (Å²) in [4.78, 5) is 19.1. The number of carboxylic acid groups (broad SMARTS) is 1. The first kappa shape index (κ1) is 13.0. The summed E-state index contributed by atoms with van der Waals surface area (Å²) < 4.78 is 0. The zero-order chi connectivity index (χ0) is 13.8. The molecule has 2 rings (SSSR count). The Kier molecular flexibility index (Phi) is 3.74. The monoisotopic (exact) mass is 261 g/mol. The molecule has 0 saturated carbocycles. The van der Waals surface area contributed by atoms with E-state index in [0.717, 1.165) is 5.82 Å². The maximum Gasteiger partial charge on any atom is 0.354 e. The van der Waals surface area contributed by atoms with Gasteiger partial charge in [0.05, 0.1) is 6.54 Å². The third-order valence-electron chi connectivity index (χ3n) is 2.47.